The number of methoxy groups -OCH3 is 3. The van der Waals surface area contributed by atoms with Gasteiger partial charge in [-0.25, -0.2) is 4.79 Å². The second-order valence-corrected chi connectivity index (χ2v) is 9.21. The van der Waals surface area contributed by atoms with Gasteiger partial charge in [0.25, 0.3) is 0 Å². The molecule has 9 nitrogen and oxygen atoms in total. The number of anilines is 1. The van der Waals surface area contributed by atoms with Crippen molar-refractivity contribution in [3.05, 3.63) is 90.4 Å². The van der Waals surface area contributed by atoms with Gasteiger partial charge in [-0.1, -0.05) is 42.5 Å². The minimum absolute atomic E-state index is 0.118. The number of rotatable bonds is 13. The highest BCUT2D eigenvalue weighted by Gasteiger charge is 2.23. The van der Waals surface area contributed by atoms with E-state index in [0.717, 1.165) is 16.3 Å². The summed E-state index contributed by atoms with van der Waals surface area (Å²) in [5.74, 6) is 1.71. The van der Waals surface area contributed by atoms with Crippen molar-refractivity contribution in [2.24, 2.45) is 0 Å². The predicted molar refractivity (Wildman–Crippen MR) is 154 cm³/mol. The van der Waals surface area contributed by atoms with E-state index in [9.17, 15) is 9.59 Å². The average Bonchev–Trinajstić information content (AvgIpc) is 3.50. The molecule has 3 amide bonds. The van der Waals surface area contributed by atoms with E-state index in [2.05, 4.69) is 5.32 Å². The van der Waals surface area contributed by atoms with E-state index in [1.165, 1.54) is 4.90 Å². The zero-order chi connectivity index (χ0) is 28.3. The molecule has 0 bridgehead atoms. The molecule has 4 aromatic rings. The maximum Gasteiger partial charge on any atom is 0.322 e. The van der Waals surface area contributed by atoms with E-state index in [-0.39, 0.29) is 31.6 Å². The van der Waals surface area contributed by atoms with Crippen LogP contribution in [0.15, 0.2) is 83.5 Å². The van der Waals surface area contributed by atoms with Crippen LogP contribution in [-0.4, -0.2) is 69.3 Å². The summed E-state index contributed by atoms with van der Waals surface area (Å²) < 4.78 is 21.5. The van der Waals surface area contributed by atoms with Crippen molar-refractivity contribution >= 4 is 28.4 Å². The number of hydrogen-bond donors (Lipinski definition) is 1. The first-order valence-corrected chi connectivity index (χ1v) is 13.1. The molecule has 1 aromatic heterocycles. The highest BCUT2D eigenvalue weighted by atomic mass is 16.5. The summed E-state index contributed by atoms with van der Waals surface area (Å²) in [5.41, 5.74) is 1.67. The Morgan fingerprint density at radius 1 is 0.850 bits per heavy atom. The molecule has 9 heteroatoms. The second-order valence-electron chi connectivity index (χ2n) is 9.21. The van der Waals surface area contributed by atoms with Gasteiger partial charge in [-0.05, 0) is 47.7 Å². The molecule has 0 saturated carbocycles. The fourth-order valence-electron chi connectivity index (χ4n) is 4.43. The zero-order valence-corrected chi connectivity index (χ0v) is 23.1. The SMILES string of the molecule is COCCN(CC(=O)N(CCc1ccc(OC)c(OC)c1)Cc1ccco1)C(=O)Nc1cccc2ccccc12. The number of ether oxygens (including phenoxy) is 3. The molecule has 0 aliphatic carbocycles. The summed E-state index contributed by atoms with van der Waals surface area (Å²) in [4.78, 5) is 30.2. The average molecular weight is 546 g/mol. The van der Waals surface area contributed by atoms with Crippen molar-refractivity contribution in [2.45, 2.75) is 13.0 Å². The van der Waals surface area contributed by atoms with Crippen molar-refractivity contribution in [1.82, 2.24) is 9.80 Å². The normalized spacial score (nSPS) is 10.8. The van der Waals surface area contributed by atoms with Crippen LogP contribution in [0.5, 0.6) is 11.5 Å². The molecule has 40 heavy (non-hydrogen) atoms. The van der Waals surface area contributed by atoms with Gasteiger partial charge in [0.15, 0.2) is 11.5 Å². The second kappa shape index (κ2) is 14.0. The topological polar surface area (TPSA) is 93.5 Å². The number of urea groups is 1. The summed E-state index contributed by atoms with van der Waals surface area (Å²) in [6.07, 6.45) is 2.15. The number of benzene rings is 3. The molecular formula is C31H35N3O6. The third-order valence-corrected chi connectivity index (χ3v) is 6.61. The predicted octanol–water partition coefficient (Wildman–Crippen LogP) is 5.20. The lowest BCUT2D eigenvalue weighted by atomic mass is 10.1. The van der Waals surface area contributed by atoms with Gasteiger partial charge >= 0.3 is 6.03 Å². The summed E-state index contributed by atoms with van der Waals surface area (Å²) in [6, 6.07) is 22.5. The molecule has 0 aliphatic heterocycles. The van der Waals surface area contributed by atoms with Crippen LogP contribution in [0.3, 0.4) is 0 Å². The molecule has 0 saturated heterocycles. The maximum absolute atomic E-state index is 13.6. The fourth-order valence-corrected chi connectivity index (χ4v) is 4.43. The van der Waals surface area contributed by atoms with Gasteiger partial charge in [0, 0.05) is 25.6 Å². The van der Waals surface area contributed by atoms with Crippen LogP contribution in [0.2, 0.25) is 0 Å². The molecule has 0 radical (unpaired) electrons. The van der Waals surface area contributed by atoms with E-state index in [0.29, 0.717) is 42.5 Å². The monoisotopic (exact) mass is 545 g/mol. The smallest absolute Gasteiger partial charge is 0.322 e. The quantitative estimate of drug-likeness (QED) is 0.248. The number of hydrogen-bond acceptors (Lipinski definition) is 6. The Balaban J connectivity index is 1.50. The number of carbonyl (C=O) groups is 2. The Kier molecular flexibility index (Phi) is 10.0. The lowest BCUT2D eigenvalue weighted by Crippen LogP contribution is -2.46. The number of nitrogens with zero attached hydrogens (tertiary/aromatic N) is 2. The van der Waals surface area contributed by atoms with Gasteiger partial charge < -0.3 is 33.7 Å². The van der Waals surface area contributed by atoms with Crippen LogP contribution >= 0.6 is 0 Å². The summed E-state index contributed by atoms with van der Waals surface area (Å²) in [5, 5.41) is 4.92. The number of carbonyl (C=O) groups excluding carboxylic acids is 2. The molecule has 0 atom stereocenters. The van der Waals surface area contributed by atoms with Gasteiger partial charge in [0.1, 0.15) is 12.3 Å². The van der Waals surface area contributed by atoms with E-state index in [4.69, 9.17) is 18.6 Å². The summed E-state index contributed by atoms with van der Waals surface area (Å²) in [7, 11) is 4.74. The van der Waals surface area contributed by atoms with Crippen molar-refractivity contribution in [3.8, 4) is 11.5 Å². The fraction of sp³-hybridized carbons (Fsp3) is 0.290. The van der Waals surface area contributed by atoms with Crippen LogP contribution in [0, 0.1) is 0 Å². The highest BCUT2D eigenvalue weighted by molar-refractivity contribution is 6.02. The van der Waals surface area contributed by atoms with Crippen molar-refractivity contribution < 1.29 is 28.2 Å². The van der Waals surface area contributed by atoms with Gasteiger partial charge in [-0.3, -0.25) is 4.79 Å². The molecule has 0 fully saturated rings. The Hall–Kier alpha value is -4.50. The number of nitrogens with one attached hydrogen (secondary N) is 1. The van der Waals surface area contributed by atoms with Gasteiger partial charge in [0.2, 0.25) is 5.91 Å². The standard InChI is InChI=1S/C31H35N3O6/c1-37-19-17-34(31(36)32-27-12-6-9-24-8-4-5-11-26(24)27)22-30(35)33(21-25-10-7-18-40-25)16-15-23-13-14-28(38-2)29(20-23)39-3/h4-14,18,20H,15-17,19,21-22H2,1-3H3,(H,32,36). The largest absolute Gasteiger partial charge is 0.493 e. The first kappa shape index (κ1) is 28.5. The minimum atomic E-state index is -0.375. The van der Waals surface area contributed by atoms with Gasteiger partial charge in [-0.2, -0.15) is 0 Å². The Morgan fingerprint density at radius 2 is 1.65 bits per heavy atom. The zero-order valence-electron chi connectivity index (χ0n) is 23.1. The number of furan rings is 1. The molecule has 4 rings (SSSR count). The molecule has 1 heterocycles. The van der Waals surface area contributed by atoms with Crippen molar-refractivity contribution in [2.75, 3.05) is 52.9 Å². The minimum Gasteiger partial charge on any atom is -0.493 e. The third-order valence-electron chi connectivity index (χ3n) is 6.61. The Morgan fingerprint density at radius 3 is 2.40 bits per heavy atom. The number of fused-ring (bicyclic) bond motifs is 1. The lowest BCUT2D eigenvalue weighted by Gasteiger charge is -2.27. The van der Waals surface area contributed by atoms with E-state index in [1.807, 2.05) is 66.7 Å². The molecule has 210 valence electrons. The van der Waals surface area contributed by atoms with Gasteiger partial charge in [0.05, 0.1) is 39.3 Å². The maximum atomic E-state index is 13.6. The molecule has 0 unspecified atom stereocenters. The highest BCUT2D eigenvalue weighted by Crippen LogP contribution is 2.28. The van der Waals surface area contributed by atoms with Crippen molar-refractivity contribution in [1.29, 1.82) is 0 Å². The molecular weight excluding hydrogens is 510 g/mol. The van der Waals surface area contributed by atoms with Crippen molar-refractivity contribution in [3.63, 3.8) is 0 Å². The van der Waals surface area contributed by atoms with E-state index < -0.39 is 0 Å². The third kappa shape index (κ3) is 7.33. The summed E-state index contributed by atoms with van der Waals surface area (Å²) >= 11 is 0. The molecule has 1 N–H and O–H groups in total. The first-order chi connectivity index (χ1) is 19.5. The van der Waals surface area contributed by atoms with Crippen LogP contribution in [0.4, 0.5) is 10.5 Å². The molecule has 0 spiro atoms. The van der Waals surface area contributed by atoms with E-state index >= 15 is 0 Å². The molecule has 0 aliphatic rings. The van der Waals surface area contributed by atoms with E-state index in [1.54, 1.807) is 38.6 Å². The van der Waals surface area contributed by atoms with Crippen LogP contribution in [0.1, 0.15) is 11.3 Å². The van der Waals surface area contributed by atoms with Crippen LogP contribution in [-0.2, 0) is 22.5 Å². The van der Waals surface area contributed by atoms with Crippen LogP contribution < -0.4 is 14.8 Å². The summed E-state index contributed by atoms with van der Waals surface area (Å²) in [6.45, 7) is 1.12. The Labute approximate surface area is 234 Å². The van der Waals surface area contributed by atoms with Gasteiger partial charge in [-0.15, -0.1) is 0 Å². The van der Waals surface area contributed by atoms with Crippen LogP contribution in [0.25, 0.3) is 10.8 Å². The number of amides is 3. The lowest BCUT2D eigenvalue weighted by molar-refractivity contribution is -0.132. The molecule has 3 aromatic carbocycles. The Bertz CT molecular complexity index is 1400. The first-order valence-electron chi connectivity index (χ1n) is 13.1.